The summed E-state index contributed by atoms with van der Waals surface area (Å²) >= 11 is 0. The zero-order chi connectivity index (χ0) is 19.8. The van der Waals surface area contributed by atoms with Gasteiger partial charge in [0.2, 0.25) is 5.91 Å². The second-order valence-electron chi connectivity index (χ2n) is 7.01. The summed E-state index contributed by atoms with van der Waals surface area (Å²) < 4.78 is 5.22. The number of carbonyl (C=O) groups is 1. The van der Waals surface area contributed by atoms with E-state index in [1.165, 1.54) is 11.3 Å². The van der Waals surface area contributed by atoms with Gasteiger partial charge in [-0.25, -0.2) is 0 Å². The molecule has 1 fully saturated rings. The third-order valence-corrected chi connectivity index (χ3v) is 5.07. The van der Waals surface area contributed by atoms with Gasteiger partial charge in [-0.15, -0.1) is 6.58 Å². The van der Waals surface area contributed by atoms with Crippen LogP contribution in [-0.2, 0) is 11.3 Å². The molecule has 2 aromatic rings. The first-order valence-electron chi connectivity index (χ1n) is 9.73. The van der Waals surface area contributed by atoms with Crippen molar-refractivity contribution in [3.05, 3.63) is 72.8 Å². The summed E-state index contributed by atoms with van der Waals surface area (Å²) in [5.74, 6) is 1.05. The van der Waals surface area contributed by atoms with Crippen LogP contribution in [-0.4, -0.2) is 62.1 Å². The summed E-state index contributed by atoms with van der Waals surface area (Å²) in [6, 6.07) is 18.3. The Kier molecular flexibility index (Phi) is 7.09. The van der Waals surface area contributed by atoms with Crippen LogP contribution in [0.3, 0.4) is 0 Å². The zero-order valence-corrected chi connectivity index (χ0v) is 16.6. The molecule has 1 saturated heterocycles. The highest BCUT2D eigenvalue weighted by molar-refractivity contribution is 5.78. The van der Waals surface area contributed by atoms with E-state index in [-0.39, 0.29) is 5.91 Å². The molecule has 3 rings (SSSR count). The van der Waals surface area contributed by atoms with E-state index in [1.54, 1.807) is 7.11 Å². The highest BCUT2D eigenvalue weighted by Gasteiger charge is 2.22. The van der Waals surface area contributed by atoms with E-state index in [4.69, 9.17) is 4.74 Å². The monoisotopic (exact) mass is 379 g/mol. The van der Waals surface area contributed by atoms with E-state index in [1.807, 2.05) is 41.3 Å². The van der Waals surface area contributed by atoms with Crippen LogP contribution in [0.5, 0.6) is 5.75 Å². The summed E-state index contributed by atoms with van der Waals surface area (Å²) in [4.78, 5) is 19.2. The first-order chi connectivity index (χ1) is 13.7. The van der Waals surface area contributed by atoms with E-state index in [0.29, 0.717) is 13.1 Å². The van der Waals surface area contributed by atoms with Crippen molar-refractivity contribution in [2.24, 2.45) is 0 Å². The van der Waals surface area contributed by atoms with E-state index < -0.39 is 0 Å². The number of methoxy groups -OCH3 is 1. The van der Waals surface area contributed by atoms with Gasteiger partial charge in [0, 0.05) is 45.0 Å². The van der Waals surface area contributed by atoms with Crippen LogP contribution in [0.15, 0.2) is 67.3 Å². The molecule has 0 N–H and O–H groups in total. The number of carbonyl (C=O) groups excluding carboxylic acids is 1. The number of hydrogen-bond acceptors (Lipinski definition) is 4. The van der Waals surface area contributed by atoms with Gasteiger partial charge in [-0.3, -0.25) is 9.69 Å². The van der Waals surface area contributed by atoms with Crippen molar-refractivity contribution in [3.8, 4) is 5.75 Å². The van der Waals surface area contributed by atoms with Crippen LogP contribution in [0.2, 0.25) is 0 Å². The molecule has 28 heavy (non-hydrogen) atoms. The minimum atomic E-state index is 0.187. The summed E-state index contributed by atoms with van der Waals surface area (Å²) in [6.07, 6.45) is 1.86. The van der Waals surface area contributed by atoms with E-state index in [0.717, 1.165) is 38.5 Å². The van der Waals surface area contributed by atoms with Gasteiger partial charge >= 0.3 is 0 Å². The van der Waals surface area contributed by atoms with Gasteiger partial charge in [-0.1, -0.05) is 36.4 Å². The Morgan fingerprint density at radius 2 is 1.75 bits per heavy atom. The van der Waals surface area contributed by atoms with Crippen molar-refractivity contribution in [1.29, 1.82) is 0 Å². The molecule has 0 bridgehead atoms. The van der Waals surface area contributed by atoms with Gasteiger partial charge < -0.3 is 14.5 Å². The molecule has 1 amide bonds. The summed E-state index contributed by atoms with van der Waals surface area (Å²) in [7, 11) is 1.67. The molecular formula is C23H29N3O2. The quantitative estimate of drug-likeness (QED) is 0.661. The summed E-state index contributed by atoms with van der Waals surface area (Å²) in [5, 5.41) is 0. The second kappa shape index (κ2) is 9.95. The number of rotatable bonds is 8. The van der Waals surface area contributed by atoms with Gasteiger partial charge in [0.05, 0.1) is 13.7 Å². The molecule has 148 valence electrons. The predicted octanol–water partition coefficient (Wildman–Crippen LogP) is 3.03. The number of amides is 1. The van der Waals surface area contributed by atoms with E-state index in [2.05, 4.69) is 40.6 Å². The maximum atomic E-state index is 12.8. The maximum absolute atomic E-state index is 12.8. The average molecular weight is 380 g/mol. The van der Waals surface area contributed by atoms with E-state index in [9.17, 15) is 4.79 Å². The van der Waals surface area contributed by atoms with Gasteiger partial charge in [-0.2, -0.15) is 0 Å². The fourth-order valence-electron chi connectivity index (χ4n) is 3.51. The highest BCUT2D eigenvalue weighted by Crippen LogP contribution is 2.20. The molecule has 0 spiro atoms. The number of nitrogens with zero attached hydrogens (tertiary/aromatic N) is 3. The molecule has 0 aliphatic carbocycles. The first kappa shape index (κ1) is 20.0. The fourth-order valence-corrected chi connectivity index (χ4v) is 3.51. The summed E-state index contributed by atoms with van der Waals surface area (Å²) in [5.41, 5.74) is 2.38. The Bertz CT molecular complexity index is 753. The van der Waals surface area contributed by atoms with Crippen LogP contribution < -0.4 is 9.64 Å². The number of benzene rings is 2. The van der Waals surface area contributed by atoms with Gasteiger partial charge in [0.1, 0.15) is 5.75 Å². The molecule has 1 aliphatic heterocycles. The Morgan fingerprint density at radius 1 is 1.07 bits per heavy atom. The van der Waals surface area contributed by atoms with Crippen molar-refractivity contribution in [3.63, 3.8) is 0 Å². The van der Waals surface area contributed by atoms with Gasteiger partial charge in [-0.05, 0) is 29.8 Å². The average Bonchev–Trinajstić information content (AvgIpc) is 2.75. The number of piperazine rings is 1. The molecule has 0 aromatic heterocycles. The molecule has 1 heterocycles. The van der Waals surface area contributed by atoms with Crippen LogP contribution in [0, 0.1) is 0 Å². The Labute approximate surface area is 167 Å². The second-order valence-corrected chi connectivity index (χ2v) is 7.01. The van der Waals surface area contributed by atoms with Gasteiger partial charge in [0.15, 0.2) is 0 Å². The molecule has 2 aromatic carbocycles. The smallest absolute Gasteiger partial charge is 0.236 e. The molecular weight excluding hydrogens is 350 g/mol. The third-order valence-electron chi connectivity index (χ3n) is 5.07. The van der Waals surface area contributed by atoms with Crippen LogP contribution in [0.1, 0.15) is 5.56 Å². The van der Waals surface area contributed by atoms with Crippen LogP contribution in [0.4, 0.5) is 5.69 Å². The summed E-state index contributed by atoms with van der Waals surface area (Å²) in [6.45, 7) is 8.90. The lowest BCUT2D eigenvalue weighted by Gasteiger charge is -2.37. The standard InChI is InChI=1S/C23H29N3O2/c1-3-13-24(18-20-7-5-4-6-8-20)19-23(27)26-16-14-25(15-17-26)21-9-11-22(28-2)12-10-21/h3-12H,1,13-19H2,2H3. The SMILES string of the molecule is C=CCN(CC(=O)N1CCN(c2ccc(OC)cc2)CC1)Cc1ccccc1. The van der Waals surface area contributed by atoms with Crippen LogP contribution in [0.25, 0.3) is 0 Å². The minimum Gasteiger partial charge on any atom is -0.497 e. The molecule has 5 heteroatoms. The van der Waals surface area contributed by atoms with Crippen molar-refractivity contribution in [1.82, 2.24) is 9.80 Å². The molecule has 5 nitrogen and oxygen atoms in total. The number of anilines is 1. The Hall–Kier alpha value is -2.79. The minimum absolute atomic E-state index is 0.187. The zero-order valence-electron chi connectivity index (χ0n) is 16.6. The number of hydrogen-bond donors (Lipinski definition) is 0. The van der Waals surface area contributed by atoms with Crippen molar-refractivity contribution in [2.45, 2.75) is 6.54 Å². The number of ether oxygens (including phenoxy) is 1. The van der Waals surface area contributed by atoms with Crippen LogP contribution >= 0.6 is 0 Å². The normalized spacial score (nSPS) is 14.2. The Morgan fingerprint density at radius 3 is 2.36 bits per heavy atom. The predicted molar refractivity (Wildman–Crippen MR) is 114 cm³/mol. The van der Waals surface area contributed by atoms with Gasteiger partial charge in [0.25, 0.3) is 0 Å². The molecule has 0 saturated carbocycles. The molecule has 0 unspecified atom stereocenters. The lowest BCUT2D eigenvalue weighted by Crippen LogP contribution is -2.51. The lowest BCUT2D eigenvalue weighted by atomic mass is 10.2. The molecule has 0 atom stereocenters. The van der Waals surface area contributed by atoms with Crippen molar-refractivity contribution >= 4 is 11.6 Å². The lowest BCUT2D eigenvalue weighted by molar-refractivity contribution is -0.132. The molecule has 1 aliphatic rings. The van der Waals surface area contributed by atoms with Crippen molar-refractivity contribution < 1.29 is 9.53 Å². The fraction of sp³-hybridized carbons (Fsp3) is 0.348. The molecule has 0 radical (unpaired) electrons. The van der Waals surface area contributed by atoms with E-state index >= 15 is 0 Å². The topological polar surface area (TPSA) is 36.0 Å². The van der Waals surface area contributed by atoms with Crippen molar-refractivity contribution in [2.75, 3.05) is 51.3 Å². The highest BCUT2D eigenvalue weighted by atomic mass is 16.5. The first-order valence-corrected chi connectivity index (χ1v) is 9.73. The maximum Gasteiger partial charge on any atom is 0.236 e. The Balaban J connectivity index is 1.52. The third kappa shape index (κ3) is 5.36. The largest absolute Gasteiger partial charge is 0.497 e.